The first kappa shape index (κ1) is 11.1. The van der Waals surface area contributed by atoms with Crippen molar-refractivity contribution in [1.82, 2.24) is 4.98 Å². The Labute approximate surface area is 95.9 Å². The monoisotopic (exact) mass is 224 g/mol. The van der Waals surface area contributed by atoms with Crippen LogP contribution in [-0.2, 0) is 6.42 Å². The second-order valence-electron chi connectivity index (χ2n) is 4.86. The highest BCUT2D eigenvalue weighted by atomic mass is 32.1. The Hall–Kier alpha value is -0.410. The van der Waals surface area contributed by atoms with E-state index in [0.29, 0.717) is 6.04 Å². The molecule has 1 aliphatic carbocycles. The lowest BCUT2D eigenvalue weighted by molar-refractivity contribution is 0.254. The van der Waals surface area contributed by atoms with Gasteiger partial charge >= 0.3 is 0 Å². The molecule has 1 heterocycles. The molecule has 0 bridgehead atoms. The number of hydrogen-bond donors (Lipinski definition) is 1. The van der Waals surface area contributed by atoms with Gasteiger partial charge in [-0.15, -0.1) is 11.3 Å². The fourth-order valence-electron chi connectivity index (χ4n) is 2.46. The van der Waals surface area contributed by atoms with Gasteiger partial charge in [0.15, 0.2) is 0 Å². The second-order valence-corrected chi connectivity index (χ2v) is 5.83. The maximum Gasteiger partial charge on any atom is 0.0794 e. The second kappa shape index (κ2) is 5.08. The van der Waals surface area contributed by atoms with Crippen LogP contribution in [-0.4, -0.2) is 11.0 Å². The Morgan fingerprint density at radius 1 is 1.47 bits per heavy atom. The van der Waals surface area contributed by atoms with Gasteiger partial charge in [0.25, 0.3) is 0 Å². The zero-order valence-electron chi connectivity index (χ0n) is 9.36. The highest BCUT2D eigenvalue weighted by Crippen LogP contribution is 2.30. The molecule has 2 rings (SSSR count). The quantitative estimate of drug-likeness (QED) is 0.857. The Kier molecular flexibility index (Phi) is 3.76. The van der Waals surface area contributed by atoms with Crippen molar-refractivity contribution in [3.05, 3.63) is 16.6 Å². The van der Waals surface area contributed by atoms with Crippen LogP contribution in [0.4, 0.5) is 0 Å². The number of thiazole rings is 1. The van der Waals surface area contributed by atoms with Crippen molar-refractivity contribution in [1.29, 1.82) is 0 Å². The summed E-state index contributed by atoms with van der Waals surface area (Å²) >= 11 is 1.72. The summed E-state index contributed by atoms with van der Waals surface area (Å²) in [7, 11) is 0. The first-order chi connectivity index (χ1) is 7.25. The van der Waals surface area contributed by atoms with E-state index in [1.54, 1.807) is 11.3 Å². The summed E-state index contributed by atoms with van der Waals surface area (Å²) in [6.45, 7) is 2.35. The topological polar surface area (TPSA) is 38.9 Å². The van der Waals surface area contributed by atoms with Crippen molar-refractivity contribution in [2.24, 2.45) is 17.6 Å². The molecule has 1 atom stereocenters. The van der Waals surface area contributed by atoms with E-state index in [2.05, 4.69) is 11.9 Å². The molecule has 0 radical (unpaired) electrons. The molecule has 2 N–H and O–H groups in total. The molecule has 0 saturated heterocycles. The van der Waals surface area contributed by atoms with E-state index in [-0.39, 0.29) is 0 Å². The molecule has 0 spiro atoms. The molecule has 1 saturated carbocycles. The van der Waals surface area contributed by atoms with E-state index in [4.69, 9.17) is 5.73 Å². The minimum absolute atomic E-state index is 0.345. The Bertz CT molecular complexity index is 276. The average molecular weight is 224 g/mol. The van der Waals surface area contributed by atoms with E-state index in [1.165, 1.54) is 30.6 Å². The average Bonchev–Trinajstić information content (AvgIpc) is 2.71. The summed E-state index contributed by atoms with van der Waals surface area (Å²) in [6, 6.07) is 0.345. The smallest absolute Gasteiger partial charge is 0.0794 e. The maximum atomic E-state index is 6.26. The summed E-state index contributed by atoms with van der Waals surface area (Å²) in [5.41, 5.74) is 8.16. The molecule has 1 fully saturated rings. The first-order valence-corrected chi connectivity index (χ1v) is 6.76. The van der Waals surface area contributed by atoms with Gasteiger partial charge in [0, 0.05) is 17.1 Å². The number of hydrogen-bond acceptors (Lipinski definition) is 3. The molecule has 1 aromatic heterocycles. The fourth-order valence-corrected chi connectivity index (χ4v) is 3.12. The molecular weight excluding hydrogens is 204 g/mol. The largest absolute Gasteiger partial charge is 0.327 e. The molecular formula is C12H20N2S. The van der Waals surface area contributed by atoms with Gasteiger partial charge in [-0.3, -0.25) is 4.98 Å². The minimum atomic E-state index is 0.345. The van der Waals surface area contributed by atoms with Crippen LogP contribution in [0.15, 0.2) is 11.7 Å². The van der Waals surface area contributed by atoms with E-state index in [9.17, 15) is 0 Å². The number of nitrogens with zero attached hydrogens (tertiary/aromatic N) is 1. The van der Waals surface area contributed by atoms with Crippen molar-refractivity contribution in [3.8, 4) is 0 Å². The zero-order chi connectivity index (χ0) is 10.7. The summed E-state index contributed by atoms with van der Waals surface area (Å²) in [4.78, 5) is 5.43. The summed E-state index contributed by atoms with van der Waals surface area (Å²) in [5, 5.41) is 0. The predicted octanol–water partition coefficient (Wildman–Crippen LogP) is 2.84. The number of nitrogens with two attached hydrogens (primary N) is 1. The van der Waals surface area contributed by atoms with E-state index < -0.39 is 0 Å². The van der Waals surface area contributed by atoms with Crippen molar-refractivity contribution in [2.45, 2.75) is 45.1 Å². The normalized spacial score (nSPS) is 28.9. The predicted molar refractivity (Wildman–Crippen MR) is 64.9 cm³/mol. The highest BCUT2D eigenvalue weighted by molar-refractivity contribution is 7.09. The third-order valence-electron chi connectivity index (χ3n) is 3.59. The molecule has 0 amide bonds. The molecule has 15 heavy (non-hydrogen) atoms. The number of rotatable bonds is 3. The standard InChI is InChI=1S/C12H20N2S/c1-9-2-4-10(5-3-9)12(13)6-11-7-14-8-15-11/h7-10,12H,2-6,13H2,1H3. The minimum Gasteiger partial charge on any atom is -0.327 e. The van der Waals surface area contributed by atoms with Crippen LogP contribution >= 0.6 is 11.3 Å². The van der Waals surface area contributed by atoms with Gasteiger partial charge in [-0.25, -0.2) is 0 Å². The SMILES string of the molecule is CC1CCC(C(N)Cc2cncs2)CC1. The van der Waals surface area contributed by atoms with Gasteiger partial charge in [-0.2, -0.15) is 0 Å². The molecule has 1 aromatic rings. The molecule has 84 valence electrons. The maximum absolute atomic E-state index is 6.26. The molecule has 1 unspecified atom stereocenters. The zero-order valence-corrected chi connectivity index (χ0v) is 10.2. The van der Waals surface area contributed by atoms with Crippen LogP contribution in [0.5, 0.6) is 0 Å². The van der Waals surface area contributed by atoms with Crippen LogP contribution in [0.1, 0.15) is 37.5 Å². The van der Waals surface area contributed by atoms with Crippen LogP contribution < -0.4 is 5.73 Å². The van der Waals surface area contributed by atoms with Crippen LogP contribution in [0.2, 0.25) is 0 Å². The Morgan fingerprint density at radius 3 is 2.80 bits per heavy atom. The molecule has 0 aromatic carbocycles. The van der Waals surface area contributed by atoms with Crippen LogP contribution in [0, 0.1) is 11.8 Å². The van der Waals surface area contributed by atoms with E-state index in [1.807, 2.05) is 11.7 Å². The molecule has 3 heteroatoms. The molecule has 1 aliphatic rings. The van der Waals surface area contributed by atoms with Crippen molar-refractivity contribution >= 4 is 11.3 Å². The van der Waals surface area contributed by atoms with Gasteiger partial charge in [-0.1, -0.05) is 19.8 Å². The first-order valence-electron chi connectivity index (χ1n) is 5.88. The number of aromatic nitrogens is 1. The third-order valence-corrected chi connectivity index (χ3v) is 4.39. The van der Waals surface area contributed by atoms with E-state index >= 15 is 0 Å². The Morgan fingerprint density at radius 2 is 2.20 bits per heavy atom. The van der Waals surface area contributed by atoms with Gasteiger partial charge < -0.3 is 5.73 Å². The lowest BCUT2D eigenvalue weighted by atomic mass is 9.78. The van der Waals surface area contributed by atoms with Crippen molar-refractivity contribution in [3.63, 3.8) is 0 Å². The van der Waals surface area contributed by atoms with Crippen molar-refractivity contribution in [2.75, 3.05) is 0 Å². The fraction of sp³-hybridized carbons (Fsp3) is 0.750. The van der Waals surface area contributed by atoms with Gasteiger partial charge in [0.2, 0.25) is 0 Å². The van der Waals surface area contributed by atoms with Crippen LogP contribution in [0.3, 0.4) is 0 Å². The van der Waals surface area contributed by atoms with Gasteiger partial charge in [0.05, 0.1) is 5.51 Å². The molecule has 0 aliphatic heterocycles. The highest BCUT2D eigenvalue weighted by Gasteiger charge is 2.23. The third kappa shape index (κ3) is 3.02. The Balaban J connectivity index is 1.83. The summed E-state index contributed by atoms with van der Waals surface area (Å²) < 4.78 is 0. The summed E-state index contributed by atoms with van der Waals surface area (Å²) in [6.07, 6.45) is 8.34. The lowest BCUT2D eigenvalue weighted by Crippen LogP contribution is -2.34. The summed E-state index contributed by atoms with van der Waals surface area (Å²) in [5.74, 6) is 1.65. The van der Waals surface area contributed by atoms with Gasteiger partial charge in [-0.05, 0) is 31.1 Å². The van der Waals surface area contributed by atoms with Crippen molar-refractivity contribution < 1.29 is 0 Å². The lowest BCUT2D eigenvalue weighted by Gasteiger charge is -2.30. The van der Waals surface area contributed by atoms with Crippen LogP contribution in [0.25, 0.3) is 0 Å². The van der Waals surface area contributed by atoms with Gasteiger partial charge in [0.1, 0.15) is 0 Å². The molecule has 2 nitrogen and oxygen atoms in total. The van der Waals surface area contributed by atoms with E-state index in [0.717, 1.165) is 18.3 Å².